The summed E-state index contributed by atoms with van der Waals surface area (Å²) in [6, 6.07) is 14.6. The predicted molar refractivity (Wildman–Crippen MR) is 94.1 cm³/mol. The molecule has 1 aromatic heterocycles. The Hall–Kier alpha value is -2.40. The fourth-order valence-corrected chi connectivity index (χ4v) is 3.34. The van der Waals surface area contributed by atoms with E-state index in [-0.39, 0.29) is 0 Å². The average molecular weight is 322 g/mol. The summed E-state index contributed by atoms with van der Waals surface area (Å²) in [5.74, 6) is 3.07. The lowest BCUT2D eigenvalue weighted by Crippen LogP contribution is -2.35. The molecule has 0 bridgehead atoms. The molecule has 4 rings (SSSR count). The number of benzene rings is 2. The van der Waals surface area contributed by atoms with Gasteiger partial charge in [-0.25, -0.2) is 0 Å². The molecular weight excluding hydrogens is 300 g/mol. The van der Waals surface area contributed by atoms with Gasteiger partial charge in [-0.05, 0) is 24.8 Å². The molecule has 0 spiro atoms. The Bertz CT molecular complexity index is 837. The lowest BCUT2D eigenvalue weighted by molar-refractivity contribution is 0.195. The largest absolute Gasteiger partial charge is 0.493 e. The number of ether oxygens (including phenoxy) is 1. The van der Waals surface area contributed by atoms with Crippen LogP contribution in [-0.4, -0.2) is 39.4 Å². The van der Waals surface area contributed by atoms with E-state index < -0.39 is 0 Å². The van der Waals surface area contributed by atoms with E-state index in [0.717, 1.165) is 56.6 Å². The first kappa shape index (κ1) is 15.1. The number of rotatable bonds is 5. The molecule has 124 valence electrons. The van der Waals surface area contributed by atoms with E-state index in [0.29, 0.717) is 0 Å². The Kier molecular flexibility index (Phi) is 4.17. The van der Waals surface area contributed by atoms with Gasteiger partial charge < -0.3 is 9.30 Å². The molecule has 5 heteroatoms. The molecule has 2 heterocycles. The number of hydrogen-bond donors (Lipinski definition) is 0. The zero-order valence-corrected chi connectivity index (χ0v) is 14.0. The third-order valence-corrected chi connectivity index (χ3v) is 4.64. The van der Waals surface area contributed by atoms with Crippen LogP contribution in [0, 0.1) is 6.92 Å². The van der Waals surface area contributed by atoms with Crippen LogP contribution < -0.4 is 4.74 Å². The van der Waals surface area contributed by atoms with Crippen molar-refractivity contribution in [3.05, 3.63) is 54.1 Å². The molecule has 1 aliphatic rings. The van der Waals surface area contributed by atoms with Crippen molar-refractivity contribution >= 4 is 10.8 Å². The summed E-state index contributed by atoms with van der Waals surface area (Å²) in [6.07, 6.45) is 1.01. The molecule has 0 N–H and O–H groups in total. The molecule has 5 nitrogen and oxygen atoms in total. The molecule has 0 fully saturated rings. The molecule has 2 aromatic carbocycles. The second-order valence-electron chi connectivity index (χ2n) is 6.27. The number of aryl methyl sites for hydroxylation is 1. The Morgan fingerprint density at radius 2 is 1.92 bits per heavy atom. The van der Waals surface area contributed by atoms with Gasteiger partial charge in [0.2, 0.25) is 0 Å². The van der Waals surface area contributed by atoms with E-state index in [1.807, 2.05) is 6.92 Å². The van der Waals surface area contributed by atoms with Crippen molar-refractivity contribution in [3.8, 4) is 5.75 Å². The standard InChI is InChI=1S/C19H22N4O/c1-15-20-21-19-14-22(11-12-23(15)19)10-5-13-24-18-9-4-7-16-6-2-3-8-17(16)18/h2-4,6-9H,5,10-14H2,1H3. The predicted octanol–water partition coefficient (Wildman–Crippen LogP) is 3.02. The van der Waals surface area contributed by atoms with Crippen LogP contribution in [0.4, 0.5) is 0 Å². The fraction of sp³-hybridized carbons (Fsp3) is 0.368. The molecule has 0 aliphatic carbocycles. The van der Waals surface area contributed by atoms with Gasteiger partial charge in [-0.2, -0.15) is 0 Å². The van der Waals surface area contributed by atoms with Crippen molar-refractivity contribution < 1.29 is 4.74 Å². The first-order chi connectivity index (χ1) is 11.8. The Balaban J connectivity index is 1.30. The Labute approximate surface area is 141 Å². The molecule has 0 saturated carbocycles. The summed E-state index contributed by atoms with van der Waals surface area (Å²) in [5.41, 5.74) is 0. The highest BCUT2D eigenvalue weighted by Crippen LogP contribution is 2.25. The molecule has 0 radical (unpaired) electrons. The van der Waals surface area contributed by atoms with Crippen molar-refractivity contribution in [3.63, 3.8) is 0 Å². The van der Waals surface area contributed by atoms with E-state index in [1.54, 1.807) is 0 Å². The van der Waals surface area contributed by atoms with Crippen LogP contribution in [0.1, 0.15) is 18.1 Å². The summed E-state index contributed by atoms with van der Waals surface area (Å²) in [4.78, 5) is 2.43. The Morgan fingerprint density at radius 3 is 2.88 bits per heavy atom. The average Bonchev–Trinajstić information content (AvgIpc) is 2.99. The van der Waals surface area contributed by atoms with Crippen LogP contribution in [0.25, 0.3) is 10.8 Å². The first-order valence-electron chi connectivity index (χ1n) is 8.53. The second-order valence-corrected chi connectivity index (χ2v) is 6.27. The van der Waals surface area contributed by atoms with Gasteiger partial charge in [0, 0.05) is 25.0 Å². The maximum absolute atomic E-state index is 6.02. The second kappa shape index (κ2) is 6.61. The van der Waals surface area contributed by atoms with Gasteiger partial charge in [-0.1, -0.05) is 36.4 Å². The van der Waals surface area contributed by atoms with Crippen LogP contribution in [0.2, 0.25) is 0 Å². The fourth-order valence-electron chi connectivity index (χ4n) is 3.34. The molecule has 0 atom stereocenters. The van der Waals surface area contributed by atoms with Crippen molar-refractivity contribution in [2.24, 2.45) is 0 Å². The highest BCUT2D eigenvalue weighted by molar-refractivity contribution is 5.88. The maximum Gasteiger partial charge on any atom is 0.147 e. The summed E-state index contributed by atoms with van der Waals surface area (Å²) in [6.45, 7) is 6.70. The minimum absolute atomic E-state index is 0.732. The van der Waals surface area contributed by atoms with E-state index >= 15 is 0 Å². The summed E-state index contributed by atoms with van der Waals surface area (Å²) in [7, 11) is 0. The Morgan fingerprint density at radius 1 is 1.04 bits per heavy atom. The number of hydrogen-bond acceptors (Lipinski definition) is 4. The minimum Gasteiger partial charge on any atom is -0.493 e. The lowest BCUT2D eigenvalue weighted by atomic mass is 10.1. The topological polar surface area (TPSA) is 43.2 Å². The summed E-state index contributed by atoms with van der Waals surface area (Å²) < 4.78 is 8.24. The van der Waals surface area contributed by atoms with Crippen LogP contribution in [0.5, 0.6) is 5.75 Å². The summed E-state index contributed by atoms with van der Waals surface area (Å²) in [5, 5.41) is 10.8. The normalized spacial score (nSPS) is 14.7. The molecule has 24 heavy (non-hydrogen) atoms. The lowest BCUT2D eigenvalue weighted by Gasteiger charge is -2.27. The van der Waals surface area contributed by atoms with Gasteiger partial charge in [0.25, 0.3) is 0 Å². The maximum atomic E-state index is 6.02. The van der Waals surface area contributed by atoms with Gasteiger partial charge in [0.05, 0.1) is 13.2 Å². The number of fused-ring (bicyclic) bond motifs is 2. The quantitative estimate of drug-likeness (QED) is 0.677. The number of aromatic nitrogens is 3. The van der Waals surface area contributed by atoms with Crippen LogP contribution in [0.15, 0.2) is 42.5 Å². The molecular formula is C19H22N4O. The molecule has 3 aromatic rings. The van der Waals surface area contributed by atoms with Gasteiger partial charge in [-0.3, -0.25) is 4.90 Å². The smallest absolute Gasteiger partial charge is 0.147 e. The van der Waals surface area contributed by atoms with Crippen LogP contribution in [-0.2, 0) is 13.1 Å². The molecule has 0 unspecified atom stereocenters. The van der Waals surface area contributed by atoms with Crippen molar-refractivity contribution in [2.75, 3.05) is 19.7 Å². The third-order valence-electron chi connectivity index (χ3n) is 4.64. The molecule has 0 amide bonds. The van der Waals surface area contributed by atoms with Gasteiger partial charge in [0.1, 0.15) is 17.4 Å². The van der Waals surface area contributed by atoms with E-state index in [2.05, 4.69) is 62.1 Å². The molecule has 1 aliphatic heterocycles. The van der Waals surface area contributed by atoms with Crippen LogP contribution in [0.3, 0.4) is 0 Å². The van der Waals surface area contributed by atoms with E-state index in [4.69, 9.17) is 4.74 Å². The highest BCUT2D eigenvalue weighted by Gasteiger charge is 2.18. The van der Waals surface area contributed by atoms with Gasteiger partial charge >= 0.3 is 0 Å². The SMILES string of the molecule is Cc1nnc2n1CCN(CCCOc1cccc3ccccc13)C2. The first-order valence-corrected chi connectivity index (χ1v) is 8.53. The zero-order valence-electron chi connectivity index (χ0n) is 14.0. The third kappa shape index (κ3) is 2.99. The van der Waals surface area contributed by atoms with Crippen molar-refractivity contribution in [2.45, 2.75) is 26.4 Å². The zero-order chi connectivity index (χ0) is 16.4. The van der Waals surface area contributed by atoms with E-state index in [1.165, 1.54) is 10.8 Å². The van der Waals surface area contributed by atoms with Crippen molar-refractivity contribution in [1.82, 2.24) is 19.7 Å². The summed E-state index contributed by atoms with van der Waals surface area (Å²) >= 11 is 0. The molecule has 0 saturated heterocycles. The highest BCUT2D eigenvalue weighted by atomic mass is 16.5. The number of nitrogens with zero attached hydrogens (tertiary/aromatic N) is 4. The van der Waals surface area contributed by atoms with Gasteiger partial charge in [-0.15, -0.1) is 10.2 Å². The van der Waals surface area contributed by atoms with Crippen LogP contribution >= 0.6 is 0 Å². The minimum atomic E-state index is 0.732. The van der Waals surface area contributed by atoms with Crippen molar-refractivity contribution in [1.29, 1.82) is 0 Å². The monoisotopic (exact) mass is 322 g/mol. The van der Waals surface area contributed by atoms with Gasteiger partial charge in [0.15, 0.2) is 0 Å². The van der Waals surface area contributed by atoms with E-state index in [9.17, 15) is 0 Å².